The van der Waals surface area contributed by atoms with Crippen LogP contribution in [-0.2, 0) is 11.3 Å². The molecule has 1 N–H and O–H groups in total. The molecule has 0 aliphatic rings. The second-order valence-electron chi connectivity index (χ2n) is 3.17. The number of hydrogen-bond donors (Lipinski definition) is 1. The minimum atomic E-state index is 0.480. The topological polar surface area (TPSA) is 21.3 Å². The van der Waals surface area contributed by atoms with Crippen molar-refractivity contribution in [2.75, 3.05) is 19.7 Å². The van der Waals surface area contributed by atoms with Crippen LogP contribution in [0.3, 0.4) is 0 Å². The maximum absolute atomic E-state index is 5.99. The van der Waals surface area contributed by atoms with Crippen molar-refractivity contribution in [1.82, 2.24) is 5.32 Å². The lowest BCUT2D eigenvalue weighted by Crippen LogP contribution is -2.19. The quantitative estimate of drug-likeness (QED) is 0.625. The maximum atomic E-state index is 5.99. The van der Waals surface area contributed by atoms with Gasteiger partial charge in [0.05, 0.1) is 19.8 Å². The minimum Gasteiger partial charge on any atom is -0.375 e. The van der Waals surface area contributed by atoms with Crippen LogP contribution in [0.5, 0.6) is 0 Å². The normalized spacial score (nSPS) is 10.1. The number of nitrogens with one attached hydrogen (secondary N) is 1. The van der Waals surface area contributed by atoms with Gasteiger partial charge in [0, 0.05) is 16.6 Å². The molecule has 0 saturated carbocycles. The number of halogens is 2. The van der Waals surface area contributed by atoms with Crippen molar-refractivity contribution in [3.63, 3.8) is 0 Å². The molecule has 2 nitrogen and oxygen atoms in total. The molecule has 1 aromatic carbocycles. The fourth-order valence-corrected chi connectivity index (χ4v) is 1.59. The zero-order valence-electron chi connectivity index (χ0n) is 8.80. The minimum absolute atomic E-state index is 0.480. The first kappa shape index (κ1) is 13.3. The third kappa shape index (κ3) is 4.87. The first-order valence-electron chi connectivity index (χ1n) is 4.90. The van der Waals surface area contributed by atoms with E-state index in [2.05, 4.69) is 11.2 Å². The van der Waals surface area contributed by atoms with Crippen molar-refractivity contribution < 1.29 is 4.74 Å². The van der Waals surface area contributed by atoms with Crippen molar-refractivity contribution in [1.29, 1.82) is 0 Å². The summed E-state index contributed by atoms with van der Waals surface area (Å²) in [5, 5.41) is 4.29. The van der Waals surface area contributed by atoms with E-state index in [0.29, 0.717) is 29.8 Å². The average Bonchev–Trinajstić information content (AvgIpc) is 2.26. The maximum Gasteiger partial charge on any atom is 0.0732 e. The van der Waals surface area contributed by atoms with E-state index in [1.807, 2.05) is 6.07 Å². The zero-order valence-corrected chi connectivity index (χ0v) is 10.3. The molecule has 0 bridgehead atoms. The number of hydrogen-bond acceptors (Lipinski definition) is 2. The van der Waals surface area contributed by atoms with Gasteiger partial charge in [-0.1, -0.05) is 35.2 Å². The fraction of sp³-hybridized carbons (Fsp3) is 0.333. The van der Waals surface area contributed by atoms with E-state index in [1.165, 1.54) is 0 Å². The highest BCUT2D eigenvalue weighted by Crippen LogP contribution is 2.21. The molecule has 0 aromatic heterocycles. The Balaban J connectivity index is 2.25. The zero-order chi connectivity index (χ0) is 11.8. The highest BCUT2D eigenvalue weighted by Gasteiger charge is 2.00. The van der Waals surface area contributed by atoms with E-state index >= 15 is 0 Å². The first-order valence-corrected chi connectivity index (χ1v) is 5.65. The number of terminal acetylenes is 1. The summed E-state index contributed by atoms with van der Waals surface area (Å²) in [4.78, 5) is 0. The molecular formula is C12H13Cl2NO. The van der Waals surface area contributed by atoms with Gasteiger partial charge in [-0.15, -0.1) is 6.42 Å². The molecule has 1 aromatic rings. The first-order chi connectivity index (χ1) is 7.74. The van der Waals surface area contributed by atoms with Crippen LogP contribution in [0, 0.1) is 12.3 Å². The SMILES string of the molecule is C#CCNCCOCc1ccc(Cl)cc1Cl. The van der Waals surface area contributed by atoms with Crippen LogP contribution in [0.2, 0.25) is 10.0 Å². The van der Waals surface area contributed by atoms with Gasteiger partial charge in [-0.05, 0) is 17.7 Å². The lowest BCUT2D eigenvalue weighted by molar-refractivity contribution is 0.123. The largest absolute Gasteiger partial charge is 0.375 e. The van der Waals surface area contributed by atoms with Crippen LogP contribution in [0.1, 0.15) is 5.56 Å². The van der Waals surface area contributed by atoms with Gasteiger partial charge in [0.25, 0.3) is 0 Å². The number of ether oxygens (including phenoxy) is 1. The van der Waals surface area contributed by atoms with Crippen LogP contribution >= 0.6 is 23.2 Å². The summed E-state index contributed by atoms with van der Waals surface area (Å²) in [7, 11) is 0. The lowest BCUT2D eigenvalue weighted by atomic mass is 10.2. The predicted octanol–water partition coefficient (Wildman–Crippen LogP) is 2.73. The molecule has 0 heterocycles. The van der Waals surface area contributed by atoms with Crippen LogP contribution in [-0.4, -0.2) is 19.7 Å². The Morgan fingerprint density at radius 3 is 2.88 bits per heavy atom. The van der Waals surface area contributed by atoms with Gasteiger partial charge in [-0.3, -0.25) is 0 Å². The summed E-state index contributed by atoms with van der Waals surface area (Å²) in [5.74, 6) is 2.49. The van der Waals surface area contributed by atoms with E-state index < -0.39 is 0 Å². The van der Waals surface area contributed by atoms with Crippen LogP contribution in [0.25, 0.3) is 0 Å². The molecular weight excluding hydrogens is 245 g/mol. The molecule has 0 radical (unpaired) electrons. The molecule has 1 rings (SSSR count). The number of benzene rings is 1. The Labute approximate surface area is 106 Å². The smallest absolute Gasteiger partial charge is 0.0732 e. The highest BCUT2D eigenvalue weighted by atomic mass is 35.5. The number of rotatable bonds is 6. The predicted molar refractivity (Wildman–Crippen MR) is 67.8 cm³/mol. The van der Waals surface area contributed by atoms with E-state index in [9.17, 15) is 0 Å². The standard InChI is InChI=1S/C12H13Cl2NO/c1-2-5-15-6-7-16-9-10-3-4-11(13)8-12(10)14/h1,3-4,8,15H,5-7,9H2. The molecule has 16 heavy (non-hydrogen) atoms. The molecule has 0 atom stereocenters. The summed E-state index contributed by atoms with van der Waals surface area (Å²) in [5.41, 5.74) is 0.933. The highest BCUT2D eigenvalue weighted by molar-refractivity contribution is 6.35. The second-order valence-corrected chi connectivity index (χ2v) is 4.01. The average molecular weight is 258 g/mol. The monoisotopic (exact) mass is 257 g/mol. The lowest BCUT2D eigenvalue weighted by Gasteiger charge is -2.06. The van der Waals surface area contributed by atoms with Gasteiger partial charge >= 0.3 is 0 Å². The van der Waals surface area contributed by atoms with Gasteiger partial charge < -0.3 is 10.1 Å². The molecule has 4 heteroatoms. The Hall–Kier alpha value is -0.720. The van der Waals surface area contributed by atoms with Gasteiger partial charge in [0.2, 0.25) is 0 Å². The van der Waals surface area contributed by atoms with Crippen molar-refractivity contribution in [2.45, 2.75) is 6.61 Å². The van der Waals surface area contributed by atoms with Crippen molar-refractivity contribution in [2.24, 2.45) is 0 Å². The summed E-state index contributed by atoms with van der Waals surface area (Å²) in [6, 6.07) is 5.36. The summed E-state index contributed by atoms with van der Waals surface area (Å²) in [6.45, 7) is 2.37. The summed E-state index contributed by atoms with van der Waals surface area (Å²) >= 11 is 11.8. The third-order valence-electron chi connectivity index (χ3n) is 1.92. The van der Waals surface area contributed by atoms with E-state index in [4.69, 9.17) is 34.4 Å². The van der Waals surface area contributed by atoms with Crippen LogP contribution < -0.4 is 5.32 Å². The Bertz CT molecular complexity index is 374. The second kappa shape index (κ2) is 7.54. The molecule has 0 unspecified atom stereocenters. The molecule has 86 valence electrons. The third-order valence-corrected chi connectivity index (χ3v) is 2.51. The Morgan fingerprint density at radius 2 is 2.19 bits per heavy atom. The molecule has 0 saturated heterocycles. The van der Waals surface area contributed by atoms with E-state index in [0.717, 1.165) is 12.1 Å². The van der Waals surface area contributed by atoms with Gasteiger partial charge in [0.15, 0.2) is 0 Å². The fourth-order valence-electron chi connectivity index (χ4n) is 1.13. The molecule has 0 fully saturated rings. The molecule has 0 amide bonds. The van der Waals surface area contributed by atoms with Crippen molar-refractivity contribution in [3.8, 4) is 12.3 Å². The molecule has 0 aliphatic heterocycles. The van der Waals surface area contributed by atoms with E-state index in [-0.39, 0.29) is 0 Å². The van der Waals surface area contributed by atoms with Crippen molar-refractivity contribution in [3.05, 3.63) is 33.8 Å². The van der Waals surface area contributed by atoms with Crippen molar-refractivity contribution >= 4 is 23.2 Å². The molecule has 0 aliphatic carbocycles. The summed E-state index contributed by atoms with van der Waals surface area (Å²) < 4.78 is 5.43. The van der Waals surface area contributed by atoms with Crippen LogP contribution in [0.4, 0.5) is 0 Å². The molecule has 0 spiro atoms. The van der Waals surface area contributed by atoms with Crippen LogP contribution in [0.15, 0.2) is 18.2 Å². The Morgan fingerprint density at radius 1 is 1.38 bits per heavy atom. The van der Waals surface area contributed by atoms with Gasteiger partial charge in [-0.2, -0.15) is 0 Å². The Kier molecular flexibility index (Phi) is 6.29. The van der Waals surface area contributed by atoms with Gasteiger partial charge in [-0.25, -0.2) is 0 Å². The van der Waals surface area contributed by atoms with Gasteiger partial charge in [0.1, 0.15) is 0 Å². The van der Waals surface area contributed by atoms with E-state index in [1.54, 1.807) is 12.1 Å². The summed E-state index contributed by atoms with van der Waals surface area (Å²) in [6.07, 6.45) is 5.09.